The van der Waals surface area contributed by atoms with E-state index in [4.69, 9.17) is 5.73 Å². The molecule has 0 spiro atoms. The van der Waals surface area contributed by atoms with Gasteiger partial charge in [-0.25, -0.2) is 0 Å². The lowest BCUT2D eigenvalue weighted by Crippen LogP contribution is -2.30. The second-order valence-electron chi connectivity index (χ2n) is 4.29. The van der Waals surface area contributed by atoms with Crippen LogP contribution in [0.1, 0.15) is 30.1 Å². The van der Waals surface area contributed by atoms with Gasteiger partial charge in [-0.05, 0) is 37.1 Å². The van der Waals surface area contributed by atoms with Crippen molar-refractivity contribution >= 4 is 5.91 Å². The molecule has 0 bridgehead atoms. The molecule has 0 aliphatic heterocycles. The minimum atomic E-state index is -4.74. The number of halogens is 3. The van der Waals surface area contributed by atoms with Crippen LogP contribution in [0.5, 0.6) is 5.75 Å². The van der Waals surface area contributed by atoms with E-state index in [2.05, 4.69) is 10.1 Å². The van der Waals surface area contributed by atoms with Crippen LogP contribution in [0.3, 0.4) is 0 Å². The van der Waals surface area contributed by atoms with E-state index in [-0.39, 0.29) is 23.3 Å². The number of carbonyl (C=O) groups excluding carboxylic acids is 1. The highest BCUT2D eigenvalue weighted by molar-refractivity contribution is 5.94. The van der Waals surface area contributed by atoms with Gasteiger partial charge < -0.3 is 15.8 Å². The van der Waals surface area contributed by atoms with E-state index in [1.54, 1.807) is 0 Å². The normalized spacial score (nSPS) is 12.8. The van der Waals surface area contributed by atoms with E-state index in [0.29, 0.717) is 13.0 Å². The van der Waals surface area contributed by atoms with Crippen molar-refractivity contribution in [1.29, 1.82) is 0 Å². The first-order chi connectivity index (χ1) is 9.31. The molecule has 0 aliphatic carbocycles. The Kier molecular flexibility index (Phi) is 5.82. The van der Waals surface area contributed by atoms with Crippen LogP contribution in [0.15, 0.2) is 24.3 Å². The number of ether oxygens (including phenoxy) is 1. The molecule has 0 radical (unpaired) electrons. The van der Waals surface area contributed by atoms with Gasteiger partial charge in [0.05, 0.1) is 0 Å². The zero-order valence-electron chi connectivity index (χ0n) is 11.0. The second kappa shape index (κ2) is 7.14. The Morgan fingerprint density at radius 2 is 1.95 bits per heavy atom. The molecule has 1 atom stereocenters. The minimum Gasteiger partial charge on any atom is -0.406 e. The first kappa shape index (κ1) is 16.3. The van der Waals surface area contributed by atoms with Gasteiger partial charge in [-0.15, -0.1) is 13.2 Å². The Bertz CT molecular complexity index is 432. The molecule has 0 saturated carbocycles. The van der Waals surface area contributed by atoms with Crippen LogP contribution in [0.4, 0.5) is 13.2 Å². The lowest BCUT2D eigenvalue weighted by atomic mass is 10.1. The van der Waals surface area contributed by atoms with Gasteiger partial charge in [0.2, 0.25) is 0 Å². The summed E-state index contributed by atoms with van der Waals surface area (Å²) in [6.45, 7) is 2.38. The van der Waals surface area contributed by atoms with E-state index in [9.17, 15) is 18.0 Å². The molecular weight excluding hydrogens is 273 g/mol. The summed E-state index contributed by atoms with van der Waals surface area (Å²) in [5.74, 6) is -0.714. The van der Waals surface area contributed by atoms with Gasteiger partial charge in [0.25, 0.3) is 5.91 Å². The average molecular weight is 290 g/mol. The van der Waals surface area contributed by atoms with Crippen molar-refractivity contribution in [2.75, 3.05) is 6.54 Å². The fourth-order valence-corrected chi connectivity index (χ4v) is 1.49. The molecule has 0 fully saturated rings. The molecule has 1 amide bonds. The van der Waals surface area contributed by atoms with E-state index in [1.165, 1.54) is 12.1 Å². The molecule has 3 N–H and O–H groups in total. The van der Waals surface area contributed by atoms with E-state index < -0.39 is 6.36 Å². The lowest BCUT2D eigenvalue weighted by molar-refractivity contribution is -0.274. The summed E-state index contributed by atoms with van der Waals surface area (Å²) in [6.07, 6.45) is -3.27. The van der Waals surface area contributed by atoms with Crippen molar-refractivity contribution in [3.05, 3.63) is 29.8 Å². The van der Waals surface area contributed by atoms with Crippen LogP contribution >= 0.6 is 0 Å². The lowest BCUT2D eigenvalue weighted by Gasteiger charge is -2.11. The van der Waals surface area contributed by atoms with Crippen molar-refractivity contribution in [1.82, 2.24) is 5.32 Å². The quantitative estimate of drug-likeness (QED) is 0.845. The smallest absolute Gasteiger partial charge is 0.406 e. The number of rotatable bonds is 6. The molecule has 0 saturated heterocycles. The predicted octanol–water partition coefficient (Wildman–Crippen LogP) is 2.44. The van der Waals surface area contributed by atoms with Crippen LogP contribution in [-0.2, 0) is 0 Å². The Morgan fingerprint density at radius 1 is 1.35 bits per heavy atom. The largest absolute Gasteiger partial charge is 0.573 e. The van der Waals surface area contributed by atoms with Gasteiger partial charge in [0.1, 0.15) is 5.75 Å². The monoisotopic (exact) mass is 290 g/mol. The summed E-state index contributed by atoms with van der Waals surface area (Å²) in [5, 5.41) is 2.65. The molecule has 0 aliphatic rings. The van der Waals surface area contributed by atoms with Crippen LogP contribution in [0, 0.1) is 0 Å². The first-order valence-electron chi connectivity index (χ1n) is 6.21. The highest BCUT2D eigenvalue weighted by Gasteiger charge is 2.31. The highest BCUT2D eigenvalue weighted by atomic mass is 19.4. The first-order valence-corrected chi connectivity index (χ1v) is 6.21. The van der Waals surface area contributed by atoms with Crippen molar-refractivity contribution < 1.29 is 22.7 Å². The minimum absolute atomic E-state index is 0.0258. The number of hydrogen-bond acceptors (Lipinski definition) is 3. The fraction of sp³-hybridized carbons (Fsp3) is 0.462. The number of benzene rings is 1. The molecule has 112 valence electrons. The number of hydrogen-bond donors (Lipinski definition) is 2. The van der Waals surface area contributed by atoms with E-state index >= 15 is 0 Å². The summed E-state index contributed by atoms with van der Waals surface area (Å²) in [5.41, 5.74) is 5.97. The third-order valence-electron chi connectivity index (χ3n) is 2.68. The summed E-state index contributed by atoms with van der Waals surface area (Å²) in [7, 11) is 0. The van der Waals surface area contributed by atoms with Crippen LogP contribution < -0.4 is 15.8 Å². The molecule has 1 unspecified atom stereocenters. The summed E-state index contributed by atoms with van der Waals surface area (Å²) >= 11 is 0. The molecule has 1 aromatic rings. The molecule has 7 heteroatoms. The molecule has 4 nitrogen and oxygen atoms in total. The zero-order chi connectivity index (χ0) is 15.2. The van der Waals surface area contributed by atoms with Gasteiger partial charge in [-0.3, -0.25) is 4.79 Å². The maximum absolute atomic E-state index is 12.0. The summed E-state index contributed by atoms with van der Waals surface area (Å²) < 4.78 is 39.6. The van der Waals surface area contributed by atoms with Gasteiger partial charge in [-0.2, -0.15) is 0 Å². The Hall–Kier alpha value is -1.76. The Morgan fingerprint density at radius 3 is 2.45 bits per heavy atom. The Labute approximate surface area is 115 Å². The average Bonchev–Trinajstić information content (AvgIpc) is 2.37. The van der Waals surface area contributed by atoms with Gasteiger partial charge >= 0.3 is 6.36 Å². The van der Waals surface area contributed by atoms with Gasteiger partial charge in [0, 0.05) is 18.2 Å². The van der Waals surface area contributed by atoms with E-state index in [0.717, 1.165) is 18.6 Å². The SMILES string of the molecule is CCC(N)CCNC(=O)c1ccc(OC(F)(F)F)cc1. The Balaban J connectivity index is 2.49. The highest BCUT2D eigenvalue weighted by Crippen LogP contribution is 2.22. The molecule has 1 aromatic carbocycles. The van der Waals surface area contributed by atoms with Crippen molar-refractivity contribution in [3.8, 4) is 5.75 Å². The molecular formula is C13H17F3N2O2. The van der Waals surface area contributed by atoms with Crippen molar-refractivity contribution in [3.63, 3.8) is 0 Å². The van der Waals surface area contributed by atoms with Gasteiger partial charge in [0.15, 0.2) is 0 Å². The standard InChI is InChI=1S/C13H17F3N2O2/c1-2-10(17)7-8-18-12(19)9-3-5-11(6-4-9)20-13(14,15)16/h3-6,10H,2,7-8,17H2,1H3,(H,18,19). The maximum Gasteiger partial charge on any atom is 0.573 e. The van der Waals surface area contributed by atoms with E-state index in [1.807, 2.05) is 6.92 Å². The second-order valence-corrected chi connectivity index (χ2v) is 4.29. The number of alkyl halides is 3. The number of amides is 1. The molecule has 0 heterocycles. The van der Waals surface area contributed by atoms with Crippen LogP contribution in [0.25, 0.3) is 0 Å². The number of nitrogens with two attached hydrogens (primary N) is 1. The van der Waals surface area contributed by atoms with Crippen LogP contribution in [0.2, 0.25) is 0 Å². The van der Waals surface area contributed by atoms with Crippen LogP contribution in [-0.4, -0.2) is 24.9 Å². The fourth-order valence-electron chi connectivity index (χ4n) is 1.49. The van der Waals surface area contributed by atoms with Crippen molar-refractivity contribution in [2.24, 2.45) is 5.73 Å². The molecule has 20 heavy (non-hydrogen) atoms. The third-order valence-corrected chi connectivity index (χ3v) is 2.68. The summed E-state index contributed by atoms with van der Waals surface area (Å²) in [6, 6.07) is 4.77. The molecule has 0 aromatic heterocycles. The topological polar surface area (TPSA) is 64.3 Å². The predicted molar refractivity (Wildman–Crippen MR) is 68.3 cm³/mol. The summed E-state index contributed by atoms with van der Waals surface area (Å²) in [4.78, 5) is 11.7. The molecule has 1 rings (SSSR count). The maximum atomic E-state index is 12.0. The number of nitrogens with one attached hydrogen (secondary N) is 1. The number of carbonyl (C=O) groups is 1. The zero-order valence-corrected chi connectivity index (χ0v) is 11.0. The third kappa shape index (κ3) is 5.92. The van der Waals surface area contributed by atoms with Crippen molar-refractivity contribution in [2.45, 2.75) is 32.2 Å². The van der Waals surface area contributed by atoms with Gasteiger partial charge in [-0.1, -0.05) is 6.92 Å².